The third kappa shape index (κ3) is 4.02. The number of hydrogen-bond acceptors (Lipinski definition) is 6. The molecule has 0 aliphatic rings. The average Bonchev–Trinajstić information content (AvgIpc) is 3.04. The molecule has 124 valence electrons. The summed E-state index contributed by atoms with van der Waals surface area (Å²) in [4.78, 5) is 15.1. The van der Waals surface area contributed by atoms with Crippen LogP contribution in [-0.2, 0) is 13.1 Å². The van der Waals surface area contributed by atoms with E-state index in [4.69, 9.17) is 4.52 Å². The van der Waals surface area contributed by atoms with E-state index in [1.54, 1.807) is 12.4 Å². The average molecular weight is 323 g/mol. The maximum atomic E-state index is 5.44. The molecule has 3 aromatic rings. The highest BCUT2D eigenvalue weighted by atomic mass is 16.5. The van der Waals surface area contributed by atoms with Gasteiger partial charge in [-0.1, -0.05) is 19.0 Å². The van der Waals surface area contributed by atoms with Crippen molar-refractivity contribution in [3.05, 3.63) is 60.1 Å². The van der Waals surface area contributed by atoms with Gasteiger partial charge in [0.15, 0.2) is 5.76 Å². The summed E-state index contributed by atoms with van der Waals surface area (Å²) in [6, 6.07) is 7.75. The van der Waals surface area contributed by atoms with Gasteiger partial charge in [-0.15, -0.1) is 0 Å². The van der Waals surface area contributed by atoms with Crippen molar-refractivity contribution < 1.29 is 4.52 Å². The summed E-state index contributed by atoms with van der Waals surface area (Å²) in [6.45, 7) is 5.59. The number of nitrogens with zero attached hydrogens (tertiary/aromatic N) is 5. The molecule has 0 aromatic carbocycles. The van der Waals surface area contributed by atoms with Gasteiger partial charge in [0.05, 0.1) is 12.2 Å². The molecule has 0 atom stereocenters. The molecule has 6 heteroatoms. The Morgan fingerprint density at radius 2 is 1.88 bits per heavy atom. The lowest BCUT2D eigenvalue weighted by Crippen LogP contribution is -2.18. The zero-order valence-electron chi connectivity index (χ0n) is 14.2. The molecule has 0 radical (unpaired) electrons. The summed E-state index contributed by atoms with van der Waals surface area (Å²) in [5.41, 5.74) is 2.83. The van der Waals surface area contributed by atoms with Crippen molar-refractivity contribution in [3.63, 3.8) is 0 Å². The Balaban J connectivity index is 1.64. The van der Waals surface area contributed by atoms with E-state index in [0.29, 0.717) is 12.5 Å². The van der Waals surface area contributed by atoms with Crippen LogP contribution in [0.15, 0.2) is 47.4 Å². The van der Waals surface area contributed by atoms with E-state index in [1.807, 2.05) is 37.5 Å². The maximum Gasteiger partial charge on any atom is 0.151 e. The minimum absolute atomic E-state index is 0.326. The Hall–Kier alpha value is -2.60. The van der Waals surface area contributed by atoms with Gasteiger partial charge in [-0.2, -0.15) is 0 Å². The fourth-order valence-electron chi connectivity index (χ4n) is 2.42. The monoisotopic (exact) mass is 323 g/mol. The van der Waals surface area contributed by atoms with Crippen LogP contribution in [0.25, 0.3) is 11.3 Å². The largest absolute Gasteiger partial charge is 0.359 e. The molecule has 3 rings (SSSR count). The molecule has 3 heterocycles. The quantitative estimate of drug-likeness (QED) is 0.693. The van der Waals surface area contributed by atoms with Crippen molar-refractivity contribution in [2.45, 2.75) is 32.9 Å². The van der Waals surface area contributed by atoms with Crippen molar-refractivity contribution in [3.8, 4) is 11.3 Å². The topological polar surface area (TPSA) is 67.9 Å². The summed E-state index contributed by atoms with van der Waals surface area (Å²) in [5.74, 6) is 2.02. The van der Waals surface area contributed by atoms with Crippen LogP contribution in [0.5, 0.6) is 0 Å². The molecule has 24 heavy (non-hydrogen) atoms. The molecule has 0 saturated carbocycles. The molecule has 0 aliphatic heterocycles. The summed E-state index contributed by atoms with van der Waals surface area (Å²) < 4.78 is 5.44. The molecular formula is C18H21N5O. The molecule has 0 fully saturated rings. The standard InChI is InChI=1S/C18H21N5O/c1-13(2)18-20-9-6-15(21-18)11-23(3)12-16-10-17(22-24-16)14-4-7-19-8-5-14/h4-10,13H,11-12H2,1-3H3. The third-order valence-corrected chi connectivity index (χ3v) is 3.64. The zero-order valence-corrected chi connectivity index (χ0v) is 14.2. The van der Waals surface area contributed by atoms with Crippen LogP contribution in [0.1, 0.15) is 37.0 Å². The van der Waals surface area contributed by atoms with Gasteiger partial charge in [0.2, 0.25) is 0 Å². The first-order valence-electron chi connectivity index (χ1n) is 7.98. The highest BCUT2D eigenvalue weighted by molar-refractivity contribution is 5.57. The Morgan fingerprint density at radius 1 is 1.08 bits per heavy atom. The van der Waals surface area contributed by atoms with Crippen LogP contribution in [0.4, 0.5) is 0 Å². The number of pyridine rings is 1. The van der Waals surface area contributed by atoms with Gasteiger partial charge < -0.3 is 4.52 Å². The van der Waals surface area contributed by atoms with E-state index < -0.39 is 0 Å². The van der Waals surface area contributed by atoms with E-state index in [9.17, 15) is 0 Å². The second-order valence-electron chi connectivity index (χ2n) is 6.15. The SMILES string of the molecule is CC(C)c1nccc(CN(C)Cc2cc(-c3ccncc3)no2)n1. The molecule has 0 amide bonds. The summed E-state index contributed by atoms with van der Waals surface area (Å²) in [6.07, 6.45) is 5.32. The first kappa shape index (κ1) is 16.3. The minimum Gasteiger partial charge on any atom is -0.359 e. The van der Waals surface area contributed by atoms with Gasteiger partial charge in [0, 0.05) is 42.7 Å². The van der Waals surface area contributed by atoms with Crippen molar-refractivity contribution in [2.75, 3.05) is 7.05 Å². The van der Waals surface area contributed by atoms with E-state index in [2.05, 4.69) is 38.9 Å². The van der Waals surface area contributed by atoms with Crippen LogP contribution >= 0.6 is 0 Å². The van der Waals surface area contributed by atoms with Crippen LogP contribution in [0.3, 0.4) is 0 Å². The van der Waals surface area contributed by atoms with E-state index >= 15 is 0 Å². The summed E-state index contributed by atoms with van der Waals surface area (Å²) in [7, 11) is 2.03. The van der Waals surface area contributed by atoms with Gasteiger partial charge in [-0.25, -0.2) is 9.97 Å². The van der Waals surface area contributed by atoms with Crippen LogP contribution < -0.4 is 0 Å². The molecule has 0 unspecified atom stereocenters. The molecule has 3 aromatic heterocycles. The van der Waals surface area contributed by atoms with E-state index in [1.165, 1.54) is 0 Å². The van der Waals surface area contributed by atoms with Gasteiger partial charge in [0.25, 0.3) is 0 Å². The van der Waals surface area contributed by atoms with Crippen LogP contribution in [-0.4, -0.2) is 32.1 Å². The third-order valence-electron chi connectivity index (χ3n) is 3.64. The zero-order chi connectivity index (χ0) is 16.9. The summed E-state index contributed by atoms with van der Waals surface area (Å²) in [5, 5.41) is 4.13. The first-order valence-corrected chi connectivity index (χ1v) is 7.98. The molecular weight excluding hydrogens is 302 g/mol. The minimum atomic E-state index is 0.326. The first-order chi connectivity index (χ1) is 11.6. The molecule has 0 bridgehead atoms. The van der Waals surface area contributed by atoms with Crippen molar-refractivity contribution >= 4 is 0 Å². The Kier molecular flexibility index (Phi) is 4.96. The molecule has 6 nitrogen and oxygen atoms in total. The Labute approximate surface area is 141 Å². The summed E-state index contributed by atoms with van der Waals surface area (Å²) >= 11 is 0. The van der Waals surface area contributed by atoms with Gasteiger partial charge in [-0.3, -0.25) is 9.88 Å². The highest BCUT2D eigenvalue weighted by Crippen LogP contribution is 2.19. The van der Waals surface area contributed by atoms with Crippen molar-refractivity contribution in [1.82, 2.24) is 25.0 Å². The van der Waals surface area contributed by atoms with Gasteiger partial charge in [-0.05, 0) is 25.2 Å². The molecule has 0 saturated heterocycles. The molecule has 0 N–H and O–H groups in total. The predicted octanol–water partition coefficient (Wildman–Crippen LogP) is 3.28. The Morgan fingerprint density at radius 3 is 2.62 bits per heavy atom. The maximum absolute atomic E-state index is 5.44. The molecule has 0 spiro atoms. The Bertz CT molecular complexity index is 785. The second kappa shape index (κ2) is 7.31. The number of aromatic nitrogens is 4. The lowest BCUT2D eigenvalue weighted by atomic mass is 10.2. The second-order valence-corrected chi connectivity index (χ2v) is 6.15. The van der Waals surface area contributed by atoms with Crippen molar-refractivity contribution in [1.29, 1.82) is 0 Å². The van der Waals surface area contributed by atoms with Gasteiger partial charge >= 0.3 is 0 Å². The fraction of sp³-hybridized carbons (Fsp3) is 0.333. The normalized spacial score (nSPS) is 11.4. The van der Waals surface area contributed by atoms with E-state index in [0.717, 1.165) is 35.1 Å². The van der Waals surface area contributed by atoms with Crippen LogP contribution in [0, 0.1) is 0 Å². The van der Waals surface area contributed by atoms with Crippen LogP contribution in [0.2, 0.25) is 0 Å². The lowest BCUT2D eigenvalue weighted by Gasteiger charge is -2.14. The van der Waals surface area contributed by atoms with Crippen molar-refractivity contribution in [2.24, 2.45) is 0 Å². The van der Waals surface area contributed by atoms with E-state index in [-0.39, 0.29) is 0 Å². The fourth-order valence-corrected chi connectivity index (χ4v) is 2.42. The lowest BCUT2D eigenvalue weighted by molar-refractivity contribution is 0.264. The highest BCUT2D eigenvalue weighted by Gasteiger charge is 2.11. The molecule has 0 aliphatic carbocycles. The number of hydrogen-bond donors (Lipinski definition) is 0. The van der Waals surface area contributed by atoms with Gasteiger partial charge in [0.1, 0.15) is 11.5 Å². The predicted molar refractivity (Wildman–Crippen MR) is 91.0 cm³/mol. The number of rotatable bonds is 6. The smallest absolute Gasteiger partial charge is 0.151 e.